The summed E-state index contributed by atoms with van der Waals surface area (Å²) in [5.74, 6) is 0.841. The number of nitrogens with zero attached hydrogens (tertiary/aromatic N) is 2. The van der Waals surface area contributed by atoms with Crippen LogP contribution in [-0.2, 0) is 0 Å². The summed E-state index contributed by atoms with van der Waals surface area (Å²) in [6.07, 6.45) is 2.33. The molecule has 4 heteroatoms. The Kier molecular flexibility index (Phi) is 3.17. The molecule has 20 heavy (non-hydrogen) atoms. The van der Waals surface area contributed by atoms with E-state index < -0.39 is 6.10 Å². The average molecular weight is 274 g/mol. The highest BCUT2D eigenvalue weighted by Crippen LogP contribution is 2.35. The lowest BCUT2D eigenvalue weighted by molar-refractivity contribution is -0.0182. The summed E-state index contributed by atoms with van der Waals surface area (Å²) in [4.78, 5) is 5.00. The van der Waals surface area contributed by atoms with Gasteiger partial charge in [-0.25, -0.2) is 0 Å². The van der Waals surface area contributed by atoms with Crippen LogP contribution in [0.4, 0.5) is 0 Å². The minimum atomic E-state index is -0.424. The van der Waals surface area contributed by atoms with E-state index in [2.05, 4.69) is 9.80 Å². The van der Waals surface area contributed by atoms with Crippen molar-refractivity contribution >= 4 is 0 Å². The molecule has 0 amide bonds. The largest absolute Gasteiger partial charge is 0.491 e. The van der Waals surface area contributed by atoms with Crippen molar-refractivity contribution in [2.24, 2.45) is 0 Å². The molecule has 3 aliphatic rings. The van der Waals surface area contributed by atoms with E-state index in [0.717, 1.165) is 43.5 Å². The Morgan fingerprint density at radius 1 is 1.00 bits per heavy atom. The molecule has 0 bridgehead atoms. The lowest BCUT2D eigenvalue weighted by atomic mass is 9.97. The van der Waals surface area contributed by atoms with Crippen molar-refractivity contribution in [2.45, 2.75) is 31.0 Å². The average Bonchev–Trinajstić information content (AvgIpc) is 3.33. The molecule has 1 saturated heterocycles. The van der Waals surface area contributed by atoms with E-state index in [1.54, 1.807) is 0 Å². The molecule has 1 aromatic carbocycles. The van der Waals surface area contributed by atoms with Gasteiger partial charge >= 0.3 is 0 Å². The zero-order valence-corrected chi connectivity index (χ0v) is 11.7. The fourth-order valence-corrected chi connectivity index (χ4v) is 3.51. The minimum absolute atomic E-state index is 0.103. The van der Waals surface area contributed by atoms with E-state index in [0.29, 0.717) is 6.61 Å². The van der Waals surface area contributed by atoms with Crippen molar-refractivity contribution in [1.29, 1.82) is 0 Å². The summed E-state index contributed by atoms with van der Waals surface area (Å²) in [5, 5.41) is 10.6. The highest BCUT2D eigenvalue weighted by Gasteiger charge is 2.37. The number of aliphatic hydroxyl groups is 1. The Balaban J connectivity index is 1.45. The Bertz CT molecular complexity index is 481. The van der Waals surface area contributed by atoms with E-state index in [9.17, 15) is 5.11 Å². The first-order valence-electron chi connectivity index (χ1n) is 7.71. The van der Waals surface area contributed by atoms with Crippen LogP contribution < -0.4 is 4.74 Å². The Morgan fingerprint density at radius 2 is 1.70 bits per heavy atom. The van der Waals surface area contributed by atoms with Gasteiger partial charge in [0.1, 0.15) is 18.5 Å². The van der Waals surface area contributed by atoms with Crippen molar-refractivity contribution in [1.82, 2.24) is 9.80 Å². The molecule has 1 saturated carbocycles. The van der Waals surface area contributed by atoms with Crippen molar-refractivity contribution in [2.75, 3.05) is 32.8 Å². The van der Waals surface area contributed by atoms with E-state index in [1.807, 2.05) is 24.3 Å². The van der Waals surface area contributed by atoms with Crippen LogP contribution in [0.25, 0.3) is 0 Å². The standard InChI is InChI=1S/C16H22N2O2/c19-16-13-3-1-2-4-15(13)20-11-14(16)18-9-7-17(8-10-18)12-5-6-12/h1-4,12,14,16,19H,5-11H2. The Hall–Kier alpha value is -1.10. The Morgan fingerprint density at radius 3 is 2.45 bits per heavy atom. The molecule has 1 N–H and O–H groups in total. The monoisotopic (exact) mass is 274 g/mol. The van der Waals surface area contributed by atoms with Gasteiger partial charge in [0.05, 0.1) is 6.04 Å². The number of ether oxygens (including phenoxy) is 1. The van der Waals surface area contributed by atoms with Crippen LogP contribution in [0.2, 0.25) is 0 Å². The second-order valence-corrected chi connectivity index (χ2v) is 6.16. The SMILES string of the molecule is OC1c2ccccc2OCC1N1CCN(C2CC2)CC1. The van der Waals surface area contributed by atoms with Crippen molar-refractivity contribution in [3.05, 3.63) is 29.8 Å². The maximum Gasteiger partial charge on any atom is 0.125 e. The summed E-state index contributed by atoms with van der Waals surface area (Å²) in [6, 6.07) is 8.81. The number of aliphatic hydroxyl groups excluding tert-OH is 1. The number of fused-ring (bicyclic) bond motifs is 1. The molecule has 108 valence electrons. The van der Waals surface area contributed by atoms with Gasteiger partial charge in [0.2, 0.25) is 0 Å². The van der Waals surface area contributed by atoms with Crippen molar-refractivity contribution < 1.29 is 9.84 Å². The second kappa shape index (κ2) is 5.02. The summed E-state index contributed by atoms with van der Waals surface area (Å²) >= 11 is 0. The van der Waals surface area contributed by atoms with Gasteiger partial charge in [-0.15, -0.1) is 0 Å². The van der Waals surface area contributed by atoms with Crippen molar-refractivity contribution in [3.8, 4) is 5.75 Å². The normalized spacial score (nSPS) is 31.6. The molecular formula is C16H22N2O2. The zero-order chi connectivity index (χ0) is 13.5. The second-order valence-electron chi connectivity index (χ2n) is 6.16. The van der Waals surface area contributed by atoms with Gasteiger partial charge in [0.15, 0.2) is 0 Å². The number of rotatable bonds is 2. The zero-order valence-electron chi connectivity index (χ0n) is 11.7. The van der Waals surface area contributed by atoms with Crippen LogP contribution in [0.5, 0.6) is 5.75 Å². The fraction of sp³-hybridized carbons (Fsp3) is 0.625. The fourth-order valence-electron chi connectivity index (χ4n) is 3.51. The molecule has 0 aromatic heterocycles. The molecule has 0 spiro atoms. The van der Waals surface area contributed by atoms with Crippen LogP contribution >= 0.6 is 0 Å². The summed E-state index contributed by atoms with van der Waals surface area (Å²) < 4.78 is 5.83. The molecule has 2 heterocycles. The lowest BCUT2D eigenvalue weighted by Crippen LogP contribution is -2.55. The van der Waals surface area contributed by atoms with Gasteiger partial charge in [-0.3, -0.25) is 9.80 Å². The minimum Gasteiger partial charge on any atom is -0.491 e. The number of benzene rings is 1. The summed E-state index contributed by atoms with van der Waals surface area (Å²) in [7, 11) is 0. The highest BCUT2D eigenvalue weighted by atomic mass is 16.5. The van der Waals surface area contributed by atoms with Gasteiger partial charge in [-0.05, 0) is 18.9 Å². The third-order valence-electron chi connectivity index (χ3n) is 4.89. The van der Waals surface area contributed by atoms with Crippen LogP contribution in [0, 0.1) is 0 Å². The number of hydrogen-bond donors (Lipinski definition) is 1. The first-order chi connectivity index (χ1) is 9.83. The van der Waals surface area contributed by atoms with E-state index in [4.69, 9.17) is 4.74 Å². The Labute approximate surface area is 119 Å². The molecule has 4 nitrogen and oxygen atoms in total. The van der Waals surface area contributed by atoms with Gasteiger partial charge < -0.3 is 9.84 Å². The number of piperazine rings is 1. The summed E-state index contributed by atoms with van der Waals surface area (Å²) in [5.41, 5.74) is 0.938. The summed E-state index contributed by atoms with van der Waals surface area (Å²) in [6.45, 7) is 4.96. The first kappa shape index (κ1) is 12.6. The predicted octanol–water partition coefficient (Wildman–Crippen LogP) is 1.26. The molecule has 2 unspecified atom stereocenters. The third-order valence-corrected chi connectivity index (χ3v) is 4.89. The number of hydrogen-bond acceptors (Lipinski definition) is 4. The van der Waals surface area contributed by atoms with Crippen LogP contribution in [0.15, 0.2) is 24.3 Å². The van der Waals surface area contributed by atoms with Crippen molar-refractivity contribution in [3.63, 3.8) is 0 Å². The quantitative estimate of drug-likeness (QED) is 0.881. The van der Waals surface area contributed by atoms with E-state index in [1.165, 1.54) is 12.8 Å². The maximum atomic E-state index is 10.6. The third kappa shape index (κ3) is 2.22. The lowest BCUT2D eigenvalue weighted by Gasteiger charge is -2.42. The molecule has 2 aliphatic heterocycles. The topological polar surface area (TPSA) is 35.9 Å². The highest BCUT2D eigenvalue weighted by molar-refractivity contribution is 5.37. The molecule has 1 aromatic rings. The van der Waals surface area contributed by atoms with Gasteiger partial charge in [0, 0.05) is 37.8 Å². The van der Waals surface area contributed by atoms with Crippen LogP contribution in [-0.4, -0.2) is 59.8 Å². The molecule has 1 aliphatic carbocycles. The molecular weight excluding hydrogens is 252 g/mol. The smallest absolute Gasteiger partial charge is 0.125 e. The first-order valence-corrected chi connectivity index (χ1v) is 7.71. The van der Waals surface area contributed by atoms with Gasteiger partial charge in [0.25, 0.3) is 0 Å². The molecule has 2 fully saturated rings. The molecule has 0 radical (unpaired) electrons. The molecule has 4 rings (SSSR count). The maximum absolute atomic E-state index is 10.6. The van der Waals surface area contributed by atoms with Crippen LogP contribution in [0.1, 0.15) is 24.5 Å². The molecule has 2 atom stereocenters. The van der Waals surface area contributed by atoms with Crippen LogP contribution in [0.3, 0.4) is 0 Å². The van der Waals surface area contributed by atoms with E-state index in [-0.39, 0.29) is 6.04 Å². The van der Waals surface area contributed by atoms with Gasteiger partial charge in [-0.1, -0.05) is 18.2 Å². The van der Waals surface area contributed by atoms with E-state index >= 15 is 0 Å². The number of para-hydroxylation sites is 1. The predicted molar refractivity (Wildman–Crippen MR) is 76.9 cm³/mol. The van der Waals surface area contributed by atoms with Gasteiger partial charge in [-0.2, -0.15) is 0 Å².